The van der Waals surface area contributed by atoms with Gasteiger partial charge in [-0.1, -0.05) is 15.9 Å². The van der Waals surface area contributed by atoms with Gasteiger partial charge in [-0.25, -0.2) is 0 Å². The fourth-order valence-corrected chi connectivity index (χ4v) is 2.56. The van der Waals surface area contributed by atoms with Gasteiger partial charge in [0.1, 0.15) is 5.75 Å². The highest BCUT2D eigenvalue weighted by Gasteiger charge is 1.94. The molecule has 0 saturated carbocycles. The van der Waals surface area contributed by atoms with Crippen LogP contribution < -0.4 is 4.74 Å². The number of benzene rings is 2. The van der Waals surface area contributed by atoms with Gasteiger partial charge in [0.25, 0.3) is 0 Å². The molecule has 2 aromatic heterocycles. The second-order valence-corrected chi connectivity index (χ2v) is 5.56. The van der Waals surface area contributed by atoms with Gasteiger partial charge < -0.3 is 14.7 Å². The molecule has 106 valence electrons. The molecule has 4 rings (SSSR count). The predicted molar refractivity (Wildman–Crippen MR) is 90.8 cm³/mol. The van der Waals surface area contributed by atoms with Crippen LogP contribution in [-0.4, -0.2) is 17.1 Å². The van der Waals surface area contributed by atoms with E-state index in [1.807, 2.05) is 42.7 Å². The number of ether oxygens (including phenoxy) is 1. The molecule has 0 bridgehead atoms. The Morgan fingerprint density at radius 2 is 1.43 bits per heavy atom. The molecule has 0 aliphatic rings. The molecular weight excluding hydrogens is 328 g/mol. The summed E-state index contributed by atoms with van der Waals surface area (Å²) in [6.07, 6.45) is 3.86. The molecular formula is C17H15BrN2O. The van der Waals surface area contributed by atoms with Crippen molar-refractivity contribution in [3.8, 4) is 5.75 Å². The number of methoxy groups -OCH3 is 1. The quantitative estimate of drug-likeness (QED) is 0.496. The van der Waals surface area contributed by atoms with Gasteiger partial charge in [0.2, 0.25) is 0 Å². The Bertz CT molecular complexity index is 863. The normalized spacial score (nSPS) is 10.4. The minimum atomic E-state index is 0.900. The lowest BCUT2D eigenvalue weighted by Crippen LogP contribution is -1.80. The van der Waals surface area contributed by atoms with Crippen LogP contribution in [0.15, 0.2) is 65.4 Å². The molecule has 2 aromatic carbocycles. The largest absolute Gasteiger partial charge is 0.497 e. The maximum Gasteiger partial charge on any atom is 0.119 e. The van der Waals surface area contributed by atoms with E-state index in [0.717, 1.165) is 15.7 Å². The van der Waals surface area contributed by atoms with Crippen molar-refractivity contribution in [2.24, 2.45) is 0 Å². The summed E-state index contributed by atoms with van der Waals surface area (Å²) in [6, 6.07) is 16.2. The van der Waals surface area contributed by atoms with Crippen LogP contribution >= 0.6 is 15.9 Å². The van der Waals surface area contributed by atoms with Crippen molar-refractivity contribution in [2.75, 3.05) is 7.11 Å². The number of hydrogen-bond donors (Lipinski definition) is 2. The maximum atomic E-state index is 5.08. The van der Waals surface area contributed by atoms with E-state index in [1.54, 1.807) is 7.11 Å². The van der Waals surface area contributed by atoms with Crippen LogP contribution in [0.25, 0.3) is 21.8 Å². The molecule has 4 heteroatoms. The molecule has 0 amide bonds. The first kappa shape index (κ1) is 13.8. The molecule has 4 aromatic rings. The van der Waals surface area contributed by atoms with Crippen LogP contribution in [0.5, 0.6) is 5.75 Å². The first-order valence-electron chi connectivity index (χ1n) is 6.60. The number of aromatic nitrogens is 2. The van der Waals surface area contributed by atoms with E-state index < -0.39 is 0 Å². The second-order valence-electron chi connectivity index (χ2n) is 4.64. The zero-order chi connectivity index (χ0) is 14.7. The minimum Gasteiger partial charge on any atom is -0.497 e. The average Bonchev–Trinajstić information content (AvgIpc) is 3.15. The Labute approximate surface area is 131 Å². The van der Waals surface area contributed by atoms with E-state index in [9.17, 15) is 0 Å². The molecule has 2 heterocycles. The Hall–Kier alpha value is -2.20. The molecule has 0 aliphatic carbocycles. The van der Waals surface area contributed by atoms with Crippen molar-refractivity contribution < 1.29 is 4.74 Å². The first-order chi connectivity index (χ1) is 10.3. The summed E-state index contributed by atoms with van der Waals surface area (Å²) < 4.78 is 6.20. The lowest BCUT2D eigenvalue weighted by Gasteiger charge is -1.97. The Kier molecular flexibility index (Phi) is 3.97. The van der Waals surface area contributed by atoms with Crippen LogP contribution in [-0.2, 0) is 0 Å². The third kappa shape index (κ3) is 3.11. The van der Waals surface area contributed by atoms with Gasteiger partial charge in [-0.05, 0) is 48.5 Å². The van der Waals surface area contributed by atoms with Crippen LogP contribution in [0, 0.1) is 0 Å². The van der Waals surface area contributed by atoms with E-state index in [1.165, 1.54) is 16.3 Å². The predicted octanol–water partition coefficient (Wildman–Crippen LogP) is 5.11. The molecule has 0 fully saturated rings. The van der Waals surface area contributed by atoms with E-state index in [2.05, 4.69) is 44.1 Å². The van der Waals surface area contributed by atoms with Crippen LogP contribution in [0.4, 0.5) is 0 Å². The first-order valence-corrected chi connectivity index (χ1v) is 7.39. The fraction of sp³-hybridized carbons (Fsp3) is 0.0588. The minimum absolute atomic E-state index is 0.900. The highest BCUT2D eigenvalue weighted by atomic mass is 79.9. The van der Waals surface area contributed by atoms with Crippen LogP contribution in [0.2, 0.25) is 0 Å². The number of nitrogens with one attached hydrogen (secondary N) is 2. The number of H-pyrrole nitrogens is 2. The summed E-state index contributed by atoms with van der Waals surface area (Å²) in [5.41, 5.74) is 2.33. The Balaban J connectivity index is 0.000000126. The lowest BCUT2D eigenvalue weighted by molar-refractivity contribution is 0.415. The lowest BCUT2D eigenvalue weighted by atomic mass is 10.2. The molecule has 0 atom stereocenters. The maximum absolute atomic E-state index is 5.08. The van der Waals surface area contributed by atoms with Gasteiger partial charge in [-0.2, -0.15) is 0 Å². The highest BCUT2D eigenvalue weighted by molar-refractivity contribution is 9.10. The summed E-state index contributed by atoms with van der Waals surface area (Å²) in [4.78, 5) is 6.24. The van der Waals surface area contributed by atoms with E-state index in [-0.39, 0.29) is 0 Å². The SMILES string of the molecule is Brc1ccc2[nH]ccc2c1.COc1ccc2[nH]ccc2c1. The number of hydrogen-bond acceptors (Lipinski definition) is 1. The summed E-state index contributed by atoms with van der Waals surface area (Å²) in [6.45, 7) is 0. The van der Waals surface area contributed by atoms with Crippen molar-refractivity contribution in [2.45, 2.75) is 0 Å². The summed E-state index contributed by atoms with van der Waals surface area (Å²) in [5.74, 6) is 0.900. The van der Waals surface area contributed by atoms with Crippen molar-refractivity contribution in [3.05, 3.63) is 65.4 Å². The third-order valence-electron chi connectivity index (χ3n) is 3.28. The number of fused-ring (bicyclic) bond motifs is 2. The zero-order valence-corrected chi connectivity index (χ0v) is 13.1. The third-order valence-corrected chi connectivity index (χ3v) is 3.77. The van der Waals surface area contributed by atoms with Gasteiger partial charge >= 0.3 is 0 Å². The Morgan fingerprint density at radius 3 is 2.10 bits per heavy atom. The molecule has 3 nitrogen and oxygen atoms in total. The van der Waals surface area contributed by atoms with Gasteiger partial charge in [0.15, 0.2) is 0 Å². The molecule has 21 heavy (non-hydrogen) atoms. The summed E-state index contributed by atoms with van der Waals surface area (Å²) in [7, 11) is 1.67. The van der Waals surface area contributed by atoms with Gasteiger partial charge in [0, 0.05) is 38.7 Å². The van der Waals surface area contributed by atoms with Crippen LogP contribution in [0.1, 0.15) is 0 Å². The van der Waals surface area contributed by atoms with E-state index >= 15 is 0 Å². The van der Waals surface area contributed by atoms with Gasteiger partial charge in [-0.15, -0.1) is 0 Å². The highest BCUT2D eigenvalue weighted by Crippen LogP contribution is 2.19. The monoisotopic (exact) mass is 342 g/mol. The van der Waals surface area contributed by atoms with Crippen molar-refractivity contribution >= 4 is 37.7 Å². The number of aromatic amines is 2. The molecule has 0 unspecified atom stereocenters. The summed E-state index contributed by atoms with van der Waals surface area (Å²) in [5, 5.41) is 2.43. The summed E-state index contributed by atoms with van der Waals surface area (Å²) >= 11 is 3.40. The zero-order valence-electron chi connectivity index (χ0n) is 11.6. The Morgan fingerprint density at radius 1 is 0.810 bits per heavy atom. The smallest absolute Gasteiger partial charge is 0.119 e. The van der Waals surface area contributed by atoms with Gasteiger partial charge in [0.05, 0.1) is 7.11 Å². The van der Waals surface area contributed by atoms with E-state index in [0.29, 0.717) is 0 Å². The number of halogens is 1. The molecule has 2 N–H and O–H groups in total. The average molecular weight is 343 g/mol. The van der Waals surface area contributed by atoms with Crippen molar-refractivity contribution in [3.63, 3.8) is 0 Å². The fourth-order valence-electron chi connectivity index (χ4n) is 2.18. The molecule has 0 saturated heterocycles. The standard InChI is InChI=1S/C9H9NO.C8H6BrN/c1-11-8-2-3-9-7(6-8)4-5-10-9;9-7-1-2-8-6(5-7)3-4-10-8/h2-6,10H,1H3;1-5,10H. The van der Waals surface area contributed by atoms with Crippen molar-refractivity contribution in [1.29, 1.82) is 0 Å². The second kappa shape index (κ2) is 6.06. The topological polar surface area (TPSA) is 40.8 Å². The van der Waals surface area contributed by atoms with Gasteiger partial charge in [-0.3, -0.25) is 0 Å². The van der Waals surface area contributed by atoms with Crippen molar-refractivity contribution in [1.82, 2.24) is 9.97 Å². The molecule has 0 radical (unpaired) electrons. The van der Waals surface area contributed by atoms with Crippen LogP contribution in [0.3, 0.4) is 0 Å². The van der Waals surface area contributed by atoms with E-state index in [4.69, 9.17) is 4.74 Å². The number of rotatable bonds is 1. The molecule has 0 aliphatic heterocycles. The molecule has 0 spiro atoms.